The molecule has 10 rings (SSSR count). The molecule has 0 amide bonds. The van der Waals surface area contributed by atoms with E-state index in [-0.39, 0.29) is 0 Å². The van der Waals surface area contributed by atoms with Crippen molar-refractivity contribution < 1.29 is 0 Å². The molecule has 0 radical (unpaired) electrons. The van der Waals surface area contributed by atoms with E-state index in [0.29, 0.717) is 5.65 Å². The van der Waals surface area contributed by atoms with Crippen molar-refractivity contribution in [2.75, 3.05) is 0 Å². The van der Waals surface area contributed by atoms with Gasteiger partial charge in [0.25, 0.3) is 0 Å². The number of fused-ring (bicyclic) bond motifs is 5. The zero-order chi connectivity index (χ0) is 44.1. The summed E-state index contributed by atoms with van der Waals surface area (Å²) in [5.41, 5.74) is 4.04. The first kappa shape index (κ1) is 50.7. The molecule has 10 aromatic rings. The molecule has 0 saturated carbocycles. The Labute approximate surface area is 354 Å². The van der Waals surface area contributed by atoms with E-state index >= 15 is 0 Å². The molecule has 9 heterocycles. The molecule has 0 unspecified atom stereocenters. The average molecular weight is 803 g/mol. The summed E-state index contributed by atoms with van der Waals surface area (Å²) in [5, 5.41) is 13.0. The van der Waals surface area contributed by atoms with Gasteiger partial charge in [0.15, 0.2) is 16.9 Å². The minimum Gasteiger partial charge on any atom is -0.262 e. The van der Waals surface area contributed by atoms with Gasteiger partial charge in [0.1, 0.15) is 11.8 Å². The van der Waals surface area contributed by atoms with Gasteiger partial charge in [0.2, 0.25) is 0 Å². The van der Waals surface area contributed by atoms with E-state index in [9.17, 15) is 0 Å². The molecule has 12 nitrogen and oxygen atoms in total. The van der Waals surface area contributed by atoms with E-state index in [0.717, 1.165) is 49.3 Å². The van der Waals surface area contributed by atoms with Crippen molar-refractivity contribution in [1.82, 2.24) is 60.0 Å². The fourth-order valence-corrected chi connectivity index (χ4v) is 4.39. The van der Waals surface area contributed by atoms with Gasteiger partial charge in [0.05, 0.1) is 24.1 Å². The van der Waals surface area contributed by atoms with E-state index < -0.39 is 0 Å². The minimum atomic E-state index is 0.699. The van der Waals surface area contributed by atoms with Crippen molar-refractivity contribution >= 4 is 54.9 Å². The van der Waals surface area contributed by atoms with Crippen molar-refractivity contribution in [3.8, 4) is 0 Å². The summed E-state index contributed by atoms with van der Waals surface area (Å²) in [4.78, 5) is 40.1. The lowest BCUT2D eigenvalue weighted by Crippen LogP contribution is -1.83. The largest absolute Gasteiger partial charge is 0.262 e. The van der Waals surface area contributed by atoms with Crippen LogP contribution in [0.5, 0.6) is 0 Å². The van der Waals surface area contributed by atoms with Gasteiger partial charge in [-0.1, -0.05) is 99.6 Å². The molecule has 0 saturated heterocycles. The van der Waals surface area contributed by atoms with Crippen LogP contribution in [0.4, 0.5) is 0 Å². The molecule has 1 aromatic carbocycles. The molecule has 0 aliphatic rings. The van der Waals surface area contributed by atoms with Crippen LogP contribution in [0.15, 0.2) is 172 Å². The maximum atomic E-state index is 4.12. The van der Waals surface area contributed by atoms with Crippen LogP contribution in [-0.2, 0) is 0 Å². The van der Waals surface area contributed by atoms with Gasteiger partial charge in [-0.15, -0.1) is 0 Å². The minimum absolute atomic E-state index is 0.699. The van der Waals surface area contributed by atoms with E-state index in [1.54, 1.807) is 74.4 Å². The van der Waals surface area contributed by atoms with Crippen molar-refractivity contribution in [2.45, 2.75) is 69.2 Å². The molecule has 0 N–H and O–H groups in total. The zero-order valence-electron chi connectivity index (χ0n) is 36.5. The Morgan fingerprint density at radius 2 is 0.700 bits per heavy atom. The second-order valence-electron chi connectivity index (χ2n) is 10.1. The van der Waals surface area contributed by atoms with Gasteiger partial charge >= 0.3 is 0 Å². The van der Waals surface area contributed by atoms with Gasteiger partial charge in [-0.25, -0.2) is 34.9 Å². The van der Waals surface area contributed by atoms with Crippen LogP contribution < -0.4 is 0 Å². The first-order chi connectivity index (χ1) is 29.8. The zero-order valence-corrected chi connectivity index (χ0v) is 36.5. The van der Waals surface area contributed by atoms with Crippen LogP contribution in [0.1, 0.15) is 69.2 Å². The number of rotatable bonds is 0. The van der Waals surface area contributed by atoms with Crippen LogP contribution in [0.3, 0.4) is 0 Å². The van der Waals surface area contributed by atoms with E-state index in [1.165, 1.54) is 6.33 Å². The smallest absolute Gasteiger partial charge is 0.178 e. The van der Waals surface area contributed by atoms with Crippen molar-refractivity contribution in [1.29, 1.82) is 0 Å². The molecule has 0 bridgehead atoms. The lowest BCUT2D eigenvalue weighted by molar-refractivity contribution is 1.05. The summed E-state index contributed by atoms with van der Waals surface area (Å²) in [6.45, 7) is 20.0. The quantitative estimate of drug-likeness (QED) is 0.143. The summed E-state index contributed by atoms with van der Waals surface area (Å²) < 4.78 is 0. The third kappa shape index (κ3) is 18.3. The van der Waals surface area contributed by atoms with Crippen molar-refractivity contribution in [3.05, 3.63) is 172 Å². The summed E-state index contributed by atoms with van der Waals surface area (Å²) >= 11 is 0. The number of aromatic nitrogens is 12. The molecular weight excluding hydrogens is 745 g/mol. The molecule has 0 aliphatic heterocycles. The van der Waals surface area contributed by atoms with Gasteiger partial charge in [-0.2, -0.15) is 10.2 Å². The highest BCUT2D eigenvalue weighted by Crippen LogP contribution is 2.09. The highest BCUT2D eigenvalue weighted by atomic mass is 15.1. The summed E-state index contributed by atoms with van der Waals surface area (Å²) in [5.74, 6) is 0. The molecule has 0 fully saturated rings. The third-order valence-corrected chi connectivity index (χ3v) is 6.76. The Kier molecular flexibility index (Phi) is 28.5. The molecule has 12 heteroatoms. The first-order valence-electron chi connectivity index (χ1n) is 20.3. The highest BCUT2D eigenvalue weighted by Gasteiger charge is 1.92. The molecule has 60 heavy (non-hydrogen) atoms. The first-order valence-corrected chi connectivity index (χ1v) is 20.3. The second kappa shape index (κ2) is 33.8. The van der Waals surface area contributed by atoms with Crippen LogP contribution >= 0.6 is 0 Å². The number of hydrogen-bond donors (Lipinski definition) is 0. The Hall–Kier alpha value is -7.34. The Bertz CT molecular complexity index is 1810. The fourth-order valence-electron chi connectivity index (χ4n) is 4.39. The second-order valence-corrected chi connectivity index (χ2v) is 10.1. The SMILES string of the molecule is CC.CC.CC.CC.CC.c1ccc2cnncc2c1.c1cnc2cnccc2c1.c1cnc2ncccc2c1.c1cnc2nccnc2c1.c1cnc2ncncc2c1. The number of benzene rings is 1. The van der Waals surface area contributed by atoms with Crippen molar-refractivity contribution in [2.24, 2.45) is 0 Å². The maximum Gasteiger partial charge on any atom is 0.178 e. The molecular formula is C48H58N12. The number of pyridine rings is 6. The highest BCUT2D eigenvalue weighted by molar-refractivity contribution is 5.80. The summed E-state index contributed by atoms with van der Waals surface area (Å²) in [7, 11) is 0. The van der Waals surface area contributed by atoms with Crippen LogP contribution in [-0.4, -0.2) is 60.0 Å². The van der Waals surface area contributed by atoms with Gasteiger partial charge in [-0.3, -0.25) is 15.0 Å². The van der Waals surface area contributed by atoms with Crippen LogP contribution in [0.25, 0.3) is 54.9 Å². The normalized spacial score (nSPS) is 8.83. The van der Waals surface area contributed by atoms with Gasteiger partial charge < -0.3 is 0 Å². The lowest BCUT2D eigenvalue weighted by atomic mass is 10.2. The standard InChI is InChI=1S/3C8H6N2.2C7H5N3.5C2H6/c1-3-7-4-2-6-10-8(7)9-5-1;1-2-7-3-5-9-6-8(7)10-4-1;1-2-4-8-6-10-9-5-7(8)3-1;1-2-6-4-8-5-10-7(6)9-3-1;1-2-6-7(9-3-1)10-5-4-8-6;5*1-2/h3*1-6H;2*1-5H;5*1-2H3. The molecule has 0 atom stereocenters. The Balaban J connectivity index is 0.000000356. The number of hydrogen-bond acceptors (Lipinski definition) is 12. The van der Waals surface area contributed by atoms with Crippen LogP contribution in [0, 0.1) is 0 Å². The Morgan fingerprint density at radius 1 is 0.267 bits per heavy atom. The number of nitrogens with zero attached hydrogens (tertiary/aromatic N) is 12. The van der Waals surface area contributed by atoms with Gasteiger partial charge in [0, 0.05) is 82.7 Å². The Morgan fingerprint density at radius 3 is 1.23 bits per heavy atom. The molecule has 0 aliphatic carbocycles. The third-order valence-electron chi connectivity index (χ3n) is 6.76. The predicted molar refractivity (Wildman–Crippen MR) is 250 cm³/mol. The van der Waals surface area contributed by atoms with E-state index in [2.05, 4.69) is 60.0 Å². The van der Waals surface area contributed by atoms with E-state index in [1.807, 2.05) is 160 Å². The van der Waals surface area contributed by atoms with Crippen LogP contribution in [0.2, 0.25) is 0 Å². The predicted octanol–water partition coefficient (Wildman–Crippen LogP) is 12.1. The topological polar surface area (TPSA) is 155 Å². The van der Waals surface area contributed by atoms with Gasteiger partial charge in [-0.05, 0) is 60.7 Å². The average Bonchev–Trinajstić information content (AvgIpc) is 3.38. The van der Waals surface area contributed by atoms with Crippen molar-refractivity contribution in [3.63, 3.8) is 0 Å². The summed E-state index contributed by atoms with van der Waals surface area (Å²) in [6, 6.07) is 29.2. The maximum absolute atomic E-state index is 4.12. The molecule has 310 valence electrons. The fraction of sp³-hybridized carbons (Fsp3) is 0.208. The monoisotopic (exact) mass is 802 g/mol. The van der Waals surface area contributed by atoms with E-state index in [4.69, 9.17) is 0 Å². The molecule has 9 aromatic heterocycles. The molecule has 0 spiro atoms. The summed E-state index contributed by atoms with van der Waals surface area (Å²) in [6.07, 6.45) is 22.3. The lowest BCUT2D eigenvalue weighted by Gasteiger charge is -1.90.